The zero-order valence-corrected chi connectivity index (χ0v) is 29.0. The summed E-state index contributed by atoms with van der Waals surface area (Å²) in [6.45, 7) is 3.86. The van der Waals surface area contributed by atoms with E-state index < -0.39 is 83.8 Å². The van der Waals surface area contributed by atoms with E-state index in [1.54, 1.807) is 24.4 Å². The molecule has 0 aliphatic carbocycles. The lowest BCUT2D eigenvalue weighted by Crippen LogP contribution is -2.59. The van der Waals surface area contributed by atoms with Crippen LogP contribution < -0.4 is 43.8 Å². The molecule has 0 radical (unpaired) electrons. The SMILES string of the molecule is C[C@H](NC(=O)[C@H](CCCN=C(N)N)NC(=O)[C@H](Cc1c[nH]c2ccccc12)NC(=O)[C@H](C)NC(=O)[C@@H](N)CCC(=O)O)C(=O)N[C@H](C(=O)O)[C@@H](C)O. The van der Waals surface area contributed by atoms with Crippen molar-refractivity contribution in [3.8, 4) is 0 Å². The summed E-state index contributed by atoms with van der Waals surface area (Å²) in [5.74, 6) is -6.98. The fraction of sp³-hybridized carbons (Fsp3) is 0.500. The number of carboxylic acid groups (broad SMARTS) is 2. The Morgan fingerprint density at radius 3 is 1.96 bits per heavy atom. The van der Waals surface area contributed by atoms with E-state index in [-0.39, 0.29) is 44.6 Å². The van der Waals surface area contributed by atoms with Gasteiger partial charge < -0.3 is 64.1 Å². The highest BCUT2D eigenvalue weighted by Gasteiger charge is 2.32. The molecule has 1 heterocycles. The molecule has 20 nitrogen and oxygen atoms in total. The van der Waals surface area contributed by atoms with E-state index in [2.05, 4.69) is 36.6 Å². The summed E-state index contributed by atoms with van der Waals surface area (Å²) in [5, 5.41) is 40.8. The molecule has 0 saturated carbocycles. The number of nitrogens with two attached hydrogens (primary N) is 3. The number of hydrogen-bond donors (Lipinski definition) is 12. The van der Waals surface area contributed by atoms with Gasteiger partial charge in [-0.25, -0.2) is 4.79 Å². The first-order chi connectivity index (χ1) is 24.4. The van der Waals surface area contributed by atoms with Crippen molar-refractivity contribution >= 4 is 58.3 Å². The van der Waals surface area contributed by atoms with Gasteiger partial charge in [-0.2, -0.15) is 0 Å². The molecular weight excluding hydrogens is 684 g/mol. The summed E-state index contributed by atoms with van der Waals surface area (Å²) < 4.78 is 0. The van der Waals surface area contributed by atoms with E-state index in [4.69, 9.17) is 22.3 Å². The van der Waals surface area contributed by atoms with Gasteiger partial charge in [0.15, 0.2) is 12.0 Å². The van der Waals surface area contributed by atoms with Gasteiger partial charge in [0.1, 0.15) is 24.2 Å². The summed E-state index contributed by atoms with van der Waals surface area (Å²) in [5.41, 5.74) is 17.9. The first-order valence-corrected chi connectivity index (χ1v) is 16.4. The molecule has 0 unspecified atom stereocenters. The normalized spacial score (nSPS) is 15.0. The Hall–Kier alpha value is -5.76. The van der Waals surface area contributed by atoms with Crippen molar-refractivity contribution in [1.82, 2.24) is 31.6 Å². The number of fused-ring (bicyclic) bond motifs is 1. The number of nitrogens with one attached hydrogen (secondary N) is 6. The molecule has 2 rings (SSSR count). The van der Waals surface area contributed by atoms with Gasteiger partial charge in [0.2, 0.25) is 29.5 Å². The summed E-state index contributed by atoms with van der Waals surface area (Å²) in [6.07, 6.45) is -0.252. The number of para-hydroxylation sites is 1. The zero-order valence-electron chi connectivity index (χ0n) is 29.0. The van der Waals surface area contributed by atoms with Crippen molar-refractivity contribution in [3.63, 3.8) is 0 Å². The minimum atomic E-state index is -1.65. The Balaban J connectivity index is 2.32. The Bertz CT molecular complexity index is 1620. The predicted octanol–water partition coefficient (Wildman–Crippen LogP) is -3.11. The molecule has 15 N–H and O–H groups in total. The van der Waals surface area contributed by atoms with Crippen LogP contribution in [0.15, 0.2) is 35.5 Å². The molecule has 52 heavy (non-hydrogen) atoms. The van der Waals surface area contributed by atoms with E-state index in [1.165, 1.54) is 20.8 Å². The lowest BCUT2D eigenvalue weighted by atomic mass is 10.0. The van der Waals surface area contributed by atoms with Crippen LogP contribution in [-0.2, 0) is 40.0 Å². The zero-order chi connectivity index (χ0) is 39.1. The Morgan fingerprint density at radius 2 is 1.37 bits per heavy atom. The average molecular weight is 733 g/mol. The predicted molar refractivity (Wildman–Crippen MR) is 187 cm³/mol. The van der Waals surface area contributed by atoms with E-state index >= 15 is 0 Å². The molecule has 0 fully saturated rings. The molecule has 1 aromatic carbocycles. The number of aromatic amines is 1. The Kier molecular flexibility index (Phi) is 16.5. The number of aromatic nitrogens is 1. The van der Waals surface area contributed by atoms with Gasteiger partial charge in [0.05, 0.1) is 12.1 Å². The van der Waals surface area contributed by atoms with Crippen molar-refractivity contribution in [3.05, 3.63) is 36.0 Å². The number of H-pyrrole nitrogens is 1. The maximum Gasteiger partial charge on any atom is 0.328 e. The number of aliphatic imine (C=N–C) groups is 1. The quantitative estimate of drug-likeness (QED) is 0.0344. The number of carbonyl (C=O) groups is 7. The highest BCUT2D eigenvalue weighted by Crippen LogP contribution is 2.19. The number of hydrogen-bond acceptors (Lipinski definition) is 10. The number of aliphatic hydroxyl groups is 1. The molecular formula is C32H48N10O10. The van der Waals surface area contributed by atoms with Crippen molar-refractivity contribution in [2.45, 2.75) is 95.2 Å². The second kappa shape index (κ2) is 20.2. The van der Waals surface area contributed by atoms with E-state index in [1.807, 2.05) is 6.07 Å². The Morgan fingerprint density at radius 1 is 0.788 bits per heavy atom. The minimum Gasteiger partial charge on any atom is -0.481 e. The molecule has 0 aliphatic heterocycles. The van der Waals surface area contributed by atoms with Crippen LogP contribution in [0.4, 0.5) is 0 Å². The molecule has 0 aliphatic rings. The third kappa shape index (κ3) is 13.5. The van der Waals surface area contributed by atoms with Crippen LogP contribution >= 0.6 is 0 Å². The summed E-state index contributed by atoms with van der Waals surface area (Å²) in [7, 11) is 0. The van der Waals surface area contributed by atoms with E-state index in [0.29, 0.717) is 5.56 Å². The highest BCUT2D eigenvalue weighted by molar-refractivity contribution is 5.96. The number of amides is 5. The standard InChI is InChI=1S/C32H48N10O10/c1-15(38-28(48)20(33)10-11-24(44)45)26(46)41-23(13-18-14-37-21-8-5-4-7-19(18)21)30(50)40-22(9-6-12-36-32(34)35)29(49)39-16(2)27(47)42-25(17(3)43)31(51)52/h4-5,7-8,14-17,20,22-23,25,37,43H,6,9-13,33H2,1-3H3,(H,38,48)(H,39,49)(H,40,50)(H,41,46)(H,42,47)(H,44,45)(H,51,52)(H4,34,35,36)/t15-,16-,17+,20-,22-,23-,25-/m0/s1. The number of aliphatic carboxylic acids is 2. The Labute approximate surface area is 298 Å². The second-order valence-electron chi connectivity index (χ2n) is 12.2. The third-order valence-corrected chi connectivity index (χ3v) is 7.87. The number of benzene rings is 1. The lowest BCUT2D eigenvalue weighted by molar-refractivity contribution is -0.145. The number of nitrogens with zero attached hydrogens (tertiary/aromatic N) is 1. The number of guanidine groups is 1. The molecule has 20 heteroatoms. The summed E-state index contributed by atoms with van der Waals surface area (Å²) in [4.78, 5) is 95.1. The fourth-order valence-electron chi connectivity index (χ4n) is 4.91. The molecule has 2 aromatic rings. The smallest absolute Gasteiger partial charge is 0.328 e. The molecule has 7 atom stereocenters. The first kappa shape index (κ1) is 42.4. The third-order valence-electron chi connectivity index (χ3n) is 7.87. The van der Waals surface area contributed by atoms with Crippen LogP contribution in [0.3, 0.4) is 0 Å². The van der Waals surface area contributed by atoms with E-state index in [0.717, 1.165) is 10.9 Å². The van der Waals surface area contributed by atoms with Crippen LogP contribution in [-0.4, -0.2) is 117 Å². The molecule has 286 valence electrons. The minimum absolute atomic E-state index is 0.0391. The molecule has 1 aromatic heterocycles. The lowest BCUT2D eigenvalue weighted by Gasteiger charge is -2.26. The van der Waals surface area contributed by atoms with Crippen molar-refractivity contribution in [2.75, 3.05) is 6.54 Å². The van der Waals surface area contributed by atoms with E-state index in [9.17, 15) is 43.8 Å². The maximum atomic E-state index is 13.9. The van der Waals surface area contributed by atoms with Gasteiger partial charge in [0, 0.05) is 36.5 Å². The molecule has 5 amide bonds. The summed E-state index contributed by atoms with van der Waals surface area (Å²) >= 11 is 0. The van der Waals surface area contributed by atoms with Gasteiger partial charge in [-0.1, -0.05) is 18.2 Å². The topological polar surface area (TPSA) is 347 Å². The average Bonchev–Trinajstić information content (AvgIpc) is 3.48. The molecule has 0 saturated heterocycles. The largest absolute Gasteiger partial charge is 0.481 e. The van der Waals surface area contributed by atoms with Crippen LogP contribution in [0, 0.1) is 0 Å². The second-order valence-corrected chi connectivity index (χ2v) is 12.2. The van der Waals surface area contributed by atoms with Gasteiger partial charge in [-0.05, 0) is 51.7 Å². The van der Waals surface area contributed by atoms with Crippen LogP contribution in [0.1, 0.15) is 52.0 Å². The van der Waals surface area contributed by atoms with Gasteiger partial charge in [0.25, 0.3) is 0 Å². The number of carbonyl (C=O) groups excluding carboxylic acids is 5. The van der Waals surface area contributed by atoms with Crippen LogP contribution in [0.5, 0.6) is 0 Å². The van der Waals surface area contributed by atoms with Crippen molar-refractivity contribution in [2.24, 2.45) is 22.2 Å². The highest BCUT2D eigenvalue weighted by atomic mass is 16.4. The van der Waals surface area contributed by atoms with Gasteiger partial charge in [-0.15, -0.1) is 0 Å². The van der Waals surface area contributed by atoms with Gasteiger partial charge >= 0.3 is 11.9 Å². The maximum absolute atomic E-state index is 13.9. The van der Waals surface area contributed by atoms with Crippen molar-refractivity contribution < 1.29 is 48.9 Å². The number of rotatable bonds is 21. The number of carboxylic acids is 2. The van der Waals surface area contributed by atoms with Crippen molar-refractivity contribution in [1.29, 1.82) is 0 Å². The summed E-state index contributed by atoms with van der Waals surface area (Å²) in [6, 6.07) is -0.798. The van der Waals surface area contributed by atoms with Crippen LogP contribution in [0.25, 0.3) is 10.9 Å². The van der Waals surface area contributed by atoms with Gasteiger partial charge in [-0.3, -0.25) is 33.8 Å². The molecule has 0 spiro atoms. The van der Waals surface area contributed by atoms with Crippen LogP contribution in [0.2, 0.25) is 0 Å². The number of aliphatic hydroxyl groups excluding tert-OH is 1. The molecule has 0 bridgehead atoms. The fourth-order valence-corrected chi connectivity index (χ4v) is 4.91. The monoisotopic (exact) mass is 732 g/mol. The first-order valence-electron chi connectivity index (χ1n) is 16.4.